The Kier molecular flexibility index (Phi) is 7.94. The zero-order valence-corrected chi connectivity index (χ0v) is 26.2. The van der Waals surface area contributed by atoms with Crippen molar-refractivity contribution >= 4 is 21.8 Å². The fourth-order valence-corrected chi connectivity index (χ4v) is 6.25. The van der Waals surface area contributed by atoms with Crippen LogP contribution in [0.15, 0.2) is 121 Å². The first-order chi connectivity index (χ1) is 22.4. The van der Waals surface area contributed by atoms with Crippen molar-refractivity contribution < 1.29 is 10.2 Å². The minimum atomic E-state index is 0.207. The summed E-state index contributed by atoms with van der Waals surface area (Å²) in [5, 5.41) is 22.7. The molecule has 46 heavy (non-hydrogen) atoms. The van der Waals surface area contributed by atoms with E-state index in [2.05, 4.69) is 86.6 Å². The summed E-state index contributed by atoms with van der Waals surface area (Å²) >= 11 is 0. The molecule has 7 rings (SSSR count). The third-order valence-electron chi connectivity index (χ3n) is 8.88. The number of fused-ring (bicyclic) bond motifs is 2. The summed E-state index contributed by atoms with van der Waals surface area (Å²) in [4.78, 5) is 9.66. The van der Waals surface area contributed by atoms with E-state index in [9.17, 15) is 10.2 Å². The normalized spacial score (nSPS) is 11.3. The van der Waals surface area contributed by atoms with Gasteiger partial charge >= 0.3 is 0 Å². The Hall–Kier alpha value is -5.48. The SMILES string of the molecule is Cc1ccc(-c2cc(CCc3ccc4cccc(O)c4n3)c(CCc3ccc4cccc(O)c4n3)cc2-c2ccc(C)cc2)cc1. The number of para-hydroxylation sites is 2. The van der Waals surface area contributed by atoms with Crippen LogP contribution in [0.5, 0.6) is 11.5 Å². The van der Waals surface area contributed by atoms with Gasteiger partial charge in [-0.15, -0.1) is 0 Å². The van der Waals surface area contributed by atoms with Gasteiger partial charge in [0.05, 0.1) is 0 Å². The molecule has 4 heteroatoms. The van der Waals surface area contributed by atoms with Crippen LogP contribution in [0.2, 0.25) is 0 Å². The summed E-state index contributed by atoms with van der Waals surface area (Å²) in [6.07, 6.45) is 3.11. The number of hydrogen-bond donors (Lipinski definition) is 2. The van der Waals surface area contributed by atoms with Crippen molar-refractivity contribution in [3.63, 3.8) is 0 Å². The molecule has 5 aromatic carbocycles. The van der Waals surface area contributed by atoms with Crippen LogP contribution in [0.4, 0.5) is 0 Å². The lowest BCUT2D eigenvalue weighted by Gasteiger charge is -2.18. The predicted molar refractivity (Wildman–Crippen MR) is 188 cm³/mol. The molecular weight excluding hydrogens is 564 g/mol. The van der Waals surface area contributed by atoms with Gasteiger partial charge in [0.25, 0.3) is 0 Å². The van der Waals surface area contributed by atoms with Crippen molar-refractivity contribution in [2.75, 3.05) is 0 Å². The van der Waals surface area contributed by atoms with Crippen molar-refractivity contribution in [2.24, 2.45) is 0 Å². The number of phenols is 2. The molecule has 0 saturated carbocycles. The molecule has 4 nitrogen and oxygen atoms in total. The number of nitrogens with zero attached hydrogens (tertiary/aromatic N) is 2. The second-order valence-electron chi connectivity index (χ2n) is 12.2. The van der Waals surface area contributed by atoms with Gasteiger partial charge in [-0.3, -0.25) is 0 Å². The fourth-order valence-electron chi connectivity index (χ4n) is 6.25. The highest BCUT2D eigenvalue weighted by molar-refractivity contribution is 5.86. The van der Waals surface area contributed by atoms with Gasteiger partial charge < -0.3 is 10.2 Å². The lowest BCUT2D eigenvalue weighted by Crippen LogP contribution is -2.04. The number of aromatic hydroxyl groups is 2. The first-order valence-electron chi connectivity index (χ1n) is 15.9. The predicted octanol–water partition coefficient (Wildman–Crippen LogP) is 9.72. The molecule has 0 radical (unpaired) electrons. The van der Waals surface area contributed by atoms with Gasteiger partial charge in [-0.25, -0.2) is 9.97 Å². The Morgan fingerprint density at radius 2 is 0.870 bits per heavy atom. The zero-order valence-electron chi connectivity index (χ0n) is 26.2. The fraction of sp³-hybridized carbons (Fsp3) is 0.143. The molecule has 0 fully saturated rings. The molecular formula is C42H36N2O2. The number of aryl methyl sites for hydroxylation is 6. The van der Waals surface area contributed by atoms with Gasteiger partial charge in [0.15, 0.2) is 0 Å². The first kappa shape index (κ1) is 29.2. The minimum Gasteiger partial charge on any atom is -0.506 e. The molecule has 0 amide bonds. The quantitative estimate of drug-likeness (QED) is 0.182. The van der Waals surface area contributed by atoms with Crippen molar-refractivity contribution in [3.8, 4) is 33.8 Å². The van der Waals surface area contributed by atoms with Gasteiger partial charge in [0.2, 0.25) is 0 Å². The number of benzene rings is 5. The molecule has 0 bridgehead atoms. The molecule has 2 aromatic heterocycles. The van der Waals surface area contributed by atoms with E-state index in [1.54, 1.807) is 12.1 Å². The molecule has 0 saturated heterocycles. The third kappa shape index (κ3) is 6.07. The van der Waals surface area contributed by atoms with Crippen LogP contribution in [0.3, 0.4) is 0 Å². The lowest BCUT2D eigenvalue weighted by atomic mass is 9.86. The van der Waals surface area contributed by atoms with Crippen LogP contribution >= 0.6 is 0 Å². The zero-order chi connectivity index (χ0) is 31.6. The number of rotatable bonds is 8. The molecule has 0 aliphatic carbocycles. The number of aromatic nitrogens is 2. The first-order valence-corrected chi connectivity index (χ1v) is 15.9. The van der Waals surface area contributed by atoms with Gasteiger partial charge in [-0.2, -0.15) is 0 Å². The molecule has 0 aliphatic heterocycles. The van der Waals surface area contributed by atoms with Crippen molar-refractivity contribution in [2.45, 2.75) is 39.5 Å². The standard InChI is InChI=1S/C42H36N2O2/c1-27-9-13-29(14-10-27)37-25-33(19-23-35-21-17-31-5-3-7-39(45)41(31)43-35)34(26-38(37)30-15-11-28(2)12-16-30)20-24-36-22-18-32-6-4-8-40(46)42(32)44-36/h3-18,21-22,25-26,45-46H,19-20,23-24H2,1-2H3. The summed E-state index contributed by atoms with van der Waals surface area (Å²) in [6.45, 7) is 4.24. The molecule has 0 atom stereocenters. The van der Waals surface area contributed by atoms with Gasteiger partial charge in [-0.1, -0.05) is 108 Å². The number of phenolic OH excluding ortho intramolecular Hbond substituents is 2. The number of hydrogen-bond acceptors (Lipinski definition) is 4. The lowest BCUT2D eigenvalue weighted by molar-refractivity contribution is 0.479. The second kappa shape index (κ2) is 12.5. The number of pyridine rings is 2. The maximum Gasteiger partial charge on any atom is 0.141 e. The van der Waals surface area contributed by atoms with E-state index in [4.69, 9.17) is 9.97 Å². The largest absolute Gasteiger partial charge is 0.506 e. The Morgan fingerprint density at radius 1 is 0.457 bits per heavy atom. The van der Waals surface area contributed by atoms with Crippen LogP contribution < -0.4 is 0 Å². The van der Waals surface area contributed by atoms with Crippen LogP contribution in [0.1, 0.15) is 33.6 Å². The Balaban J connectivity index is 1.30. The van der Waals surface area contributed by atoms with Crippen LogP contribution in [-0.4, -0.2) is 20.2 Å². The Bertz CT molecular complexity index is 2030. The molecule has 226 valence electrons. The maximum atomic E-state index is 10.4. The highest BCUT2D eigenvalue weighted by Gasteiger charge is 2.15. The summed E-state index contributed by atoms with van der Waals surface area (Å²) in [6, 6.07) is 41.5. The molecule has 7 aromatic rings. The monoisotopic (exact) mass is 600 g/mol. The second-order valence-corrected chi connectivity index (χ2v) is 12.2. The topological polar surface area (TPSA) is 66.2 Å². The molecule has 0 spiro atoms. The van der Waals surface area contributed by atoms with Gasteiger partial charge in [-0.05, 0) is 97.2 Å². The van der Waals surface area contributed by atoms with E-state index in [-0.39, 0.29) is 11.5 Å². The van der Waals surface area contributed by atoms with E-state index in [0.29, 0.717) is 11.0 Å². The highest BCUT2D eigenvalue weighted by atomic mass is 16.3. The van der Waals surface area contributed by atoms with E-state index < -0.39 is 0 Å². The third-order valence-corrected chi connectivity index (χ3v) is 8.88. The van der Waals surface area contributed by atoms with E-state index in [1.165, 1.54) is 44.5 Å². The van der Waals surface area contributed by atoms with Gasteiger partial charge in [0, 0.05) is 22.2 Å². The van der Waals surface area contributed by atoms with Crippen molar-refractivity contribution in [1.29, 1.82) is 0 Å². The molecule has 2 heterocycles. The van der Waals surface area contributed by atoms with E-state index in [0.717, 1.165) is 47.8 Å². The van der Waals surface area contributed by atoms with Crippen LogP contribution in [0, 0.1) is 13.8 Å². The molecule has 0 unspecified atom stereocenters. The maximum absolute atomic E-state index is 10.4. The minimum absolute atomic E-state index is 0.207. The molecule has 0 aliphatic rings. The van der Waals surface area contributed by atoms with E-state index >= 15 is 0 Å². The van der Waals surface area contributed by atoms with Crippen LogP contribution in [-0.2, 0) is 25.7 Å². The van der Waals surface area contributed by atoms with Crippen molar-refractivity contribution in [1.82, 2.24) is 9.97 Å². The smallest absolute Gasteiger partial charge is 0.141 e. The average molecular weight is 601 g/mol. The summed E-state index contributed by atoms with van der Waals surface area (Å²) in [7, 11) is 0. The summed E-state index contributed by atoms with van der Waals surface area (Å²) < 4.78 is 0. The van der Waals surface area contributed by atoms with E-state index in [1.807, 2.05) is 36.4 Å². The van der Waals surface area contributed by atoms with Gasteiger partial charge in [0.1, 0.15) is 22.5 Å². The van der Waals surface area contributed by atoms with Crippen LogP contribution in [0.25, 0.3) is 44.1 Å². The summed E-state index contributed by atoms with van der Waals surface area (Å²) in [5.74, 6) is 0.413. The van der Waals surface area contributed by atoms with Crippen molar-refractivity contribution in [3.05, 3.63) is 155 Å². The highest BCUT2D eigenvalue weighted by Crippen LogP contribution is 2.36. The average Bonchev–Trinajstić information content (AvgIpc) is 3.08. The molecule has 2 N–H and O–H groups in total. The Morgan fingerprint density at radius 3 is 1.28 bits per heavy atom. The summed E-state index contributed by atoms with van der Waals surface area (Å²) in [5.41, 5.74) is 13.0. The Labute approximate surface area is 269 Å².